The number of nitrogens with one attached hydrogen (secondary N) is 1. The van der Waals surface area contributed by atoms with E-state index < -0.39 is 5.91 Å². The van der Waals surface area contributed by atoms with Crippen LogP contribution in [-0.4, -0.2) is 30.1 Å². The smallest absolute Gasteiger partial charge is 0.307 e. The molecular formula is C12H14BrNO4. The van der Waals surface area contributed by atoms with E-state index in [2.05, 4.69) is 21.2 Å². The molecule has 1 amide bonds. The third-order valence-electron chi connectivity index (χ3n) is 2.12. The second-order valence-electron chi connectivity index (χ2n) is 3.47. The second kappa shape index (κ2) is 7.00. The van der Waals surface area contributed by atoms with Gasteiger partial charge in [-0.3, -0.25) is 9.59 Å². The van der Waals surface area contributed by atoms with Crippen LogP contribution in [-0.2, 0) is 9.53 Å². The Morgan fingerprint density at radius 1 is 1.44 bits per heavy atom. The zero-order valence-corrected chi connectivity index (χ0v) is 11.5. The standard InChI is InChI=1S/C12H14BrNO4/c1-2-18-11(16)5-6-14-12(17)9-4-3-8(13)7-10(9)15/h3-4,7,15H,2,5-6H2,1H3,(H,14,17). The molecule has 0 radical (unpaired) electrons. The van der Waals surface area contributed by atoms with Gasteiger partial charge in [-0.1, -0.05) is 15.9 Å². The average molecular weight is 316 g/mol. The van der Waals surface area contributed by atoms with Crippen molar-refractivity contribution in [2.45, 2.75) is 13.3 Å². The summed E-state index contributed by atoms with van der Waals surface area (Å²) in [5.74, 6) is -0.903. The van der Waals surface area contributed by atoms with E-state index >= 15 is 0 Å². The van der Waals surface area contributed by atoms with Gasteiger partial charge in [-0.05, 0) is 25.1 Å². The Labute approximate surface area is 113 Å². The molecule has 0 heterocycles. The predicted molar refractivity (Wildman–Crippen MR) is 69.4 cm³/mol. The number of hydrogen-bond donors (Lipinski definition) is 2. The zero-order chi connectivity index (χ0) is 13.5. The van der Waals surface area contributed by atoms with Gasteiger partial charge in [0.1, 0.15) is 5.75 Å². The quantitative estimate of drug-likeness (QED) is 0.813. The molecule has 0 bridgehead atoms. The van der Waals surface area contributed by atoms with E-state index in [4.69, 9.17) is 4.74 Å². The highest BCUT2D eigenvalue weighted by molar-refractivity contribution is 9.10. The molecule has 1 rings (SSSR count). The fourth-order valence-electron chi connectivity index (χ4n) is 1.30. The maximum Gasteiger partial charge on any atom is 0.307 e. The summed E-state index contributed by atoms with van der Waals surface area (Å²) < 4.78 is 5.41. The topological polar surface area (TPSA) is 75.6 Å². The molecule has 0 aromatic heterocycles. The summed E-state index contributed by atoms with van der Waals surface area (Å²) in [6.07, 6.45) is 0.108. The minimum absolute atomic E-state index is 0.108. The number of esters is 1. The molecule has 0 aliphatic heterocycles. The van der Waals surface area contributed by atoms with Crippen molar-refractivity contribution in [3.63, 3.8) is 0 Å². The highest BCUT2D eigenvalue weighted by Crippen LogP contribution is 2.21. The molecule has 0 saturated carbocycles. The summed E-state index contributed by atoms with van der Waals surface area (Å²) in [6, 6.07) is 4.58. The van der Waals surface area contributed by atoms with Gasteiger partial charge in [-0.25, -0.2) is 0 Å². The van der Waals surface area contributed by atoms with Gasteiger partial charge in [0.05, 0.1) is 18.6 Å². The second-order valence-corrected chi connectivity index (χ2v) is 4.39. The zero-order valence-electron chi connectivity index (χ0n) is 9.90. The molecule has 0 aliphatic rings. The minimum Gasteiger partial charge on any atom is -0.507 e. The van der Waals surface area contributed by atoms with Crippen LogP contribution in [0.2, 0.25) is 0 Å². The Bertz CT molecular complexity index is 448. The van der Waals surface area contributed by atoms with Crippen LogP contribution >= 0.6 is 15.9 Å². The molecule has 0 spiro atoms. The molecule has 0 aliphatic carbocycles. The summed E-state index contributed by atoms with van der Waals surface area (Å²) in [7, 11) is 0. The summed E-state index contributed by atoms with van der Waals surface area (Å²) >= 11 is 3.18. The van der Waals surface area contributed by atoms with E-state index in [9.17, 15) is 14.7 Å². The Morgan fingerprint density at radius 3 is 2.78 bits per heavy atom. The maximum atomic E-state index is 11.7. The lowest BCUT2D eigenvalue weighted by atomic mass is 10.2. The van der Waals surface area contributed by atoms with Crippen molar-refractivity contribution in [2.75, 3.05) is 13.2 Å². The SMILES string of the molecule is CCOC(=O)CCNC(=O)c1ccc(Br)cc1O. The summed E-state index contributed by atoms with van der Waals surface area (Å²) in [5, 5.41) is 12.1. The normalized spacial score (nSPS) is 9.89. The van der Waals surface area contributed by atoms with Crippen molar-refractivity contribution in [1.82, 2.24) is 5.32 Å². The van der Waals surface area contributed by atoms with Gasteiger partial charge in [-0.2, -0.15) is 0 Å². The Hall–Kier alpha value is -1.56. The van der Waals surface area contributed by atoms with E-state index in [-0.39, 0.29) is 30.2 Å². The predicted octanol–water partition coefficient (Wildman–Crippen LogP) is 1.84. The molecule has 6 heteroatoms. The molecule has 1 aromatic rings. The molecule has 0 atom stereocenters. The third kappa shape index (κ3) is 4.37. The number of phenols is 1. The van der Waals surface area contributed by atoms with Gasteiger partial charge >= 0.3 is 5.97 Å². The lowest BCUT2D eigenvalue weighted by Gasteiger charge is -2.06. The average Bonchev–Trinajstić information content (AvgIpc) is 2.29. The van der Waals surface area contributed by atoms with Crippen molar-refractivity contribution in [3.8, 4) is 5.75 Å². The summed E-state index contributed by atoms with van der Waals surface area (Å²) in [6.45, 7) is 2.21. The van der Waals surface area contributed by atoms with Crippen LogP contribution in [0.1, 0.15) is 23.7 Å². The van der Waals surface area contributed by atoms with Crippen LogP contribution in [0.3, 0.4) is 0 Å². The fourth-order valence-corrected chi connectivity index (χ4v) is 1.65. The van der Waals surface area contributed by atoms with E-state index in [0.29, 0.717) is 11.1 Å². The maximum absolute atomic E-state index is 11.7. The molecule has 5 nitrogen and oxygen atoms in total. The van der Waals surface area contributed by atoms with Crippen LogP contribution < -0.4 is 5.32 Å². The number of aromatic hydroxyl groups is 1. The van der Waals surface area contributed by atoms with Crippen molar-refractivity contribution in [1.29, 1.82) is 0 Å². The van der Waals surface area contributed by atoms with Gasteiger partial charge in [0.2, 0.25) is 0 Å². The number of carbonyl (C=O) groups is 2. The molecular weight excluding hydrogens is 302 g/mol. The van der Waals surface area contributed by atoms with Crippen LogP contribution in [0.25, 0.3) is 0 Å². The van der Waals surface area contributed by atoms with Crippen LogP contribution in [0.4, 0.5) is 0 Å². The van der Waals surface area contributed by atoms with Crippen LogP contribution in [0.5, 0.6) is 5.75 Å². The first kappa shape index (κ1) is 14.5. The lowest BCUT2D eigenvalue weighted by Crippen LogP contribution is -2.26. The van der Waals surface area contributed by atoms with Crippen molar-refractivity contribution in [2.24, 2.45) is 0 Å². The van der Waals surface area contributed by atoms with Crippen molar-refractivity contribution >= 4 is 27.8 Å². The largest absolute Gasteiger partial charge is 0.507 e. The van der Waals surface area contributed by atoms with Crippen molar-refractivity contribution in [3.05, 3.63) is 28.2 Å². The molecule has 2 N–H and O–H groups in total. The van der Waals surface area contributed by atoms with E-state index in [1.165, 1.54) is 12.1 Å². The van der Waals surface area contributed by atoms with E-state index in [1.807, 2.05) is 0 Å². The lowest BCUT2D eigenvalue weighted by molar-refractivity contribution is -0.142. The first-order valence-corrected chi connectivity index (χ1v) is 6.26. The summed E-state index contributed by atoms with van der Waals surface area (Å²) in [4.78, 5) is 22.7. The molecule has 98 valence electrons. The Kier molecular flexibility index (Phi) is 5.64. The highest BCUT2D eigenvalue weighted by atomic mass is 79.9. The van der Waals surface area contributed by atoms with Crippen LogP contribution in [0, 0.1) is 0 Å². The molecule has 1 aromatic carbocycles. The van der Waals surface area contributed by atoms with Gasteiger partial charge < -0.3 is 15.2 Å². The van der Waals surface area contributed by atoms with Gasteiger partial charge in [-0.15, -0.1) is 0 Å². The Balaban J connectivity index is 2.48. The van der Waals surface area contributed by atoms with Gasteiger partial charge in [0.25, 0.3) is 5.91 Å². The number of benzene rings is 1. The molecule has 18 heavy (non-hydrogen) atoms. The monoisotopic (exact) mass is 315 g/mol. The van der Waals surface area contributed by atoms with E-state index in [1.54, 1.807) is 13.0 Å². The van der Waals surface area contributed by atoms with Crippen molar-refractivity contribution < 1.29 is 19.4 Å². The third-order valence-corrected chi connectivity index (χ3v) is 2.62. The number of ether oxygens (including phenoxy) is 1. The van der Waals surface area contributed by atoms with E-state index in [0.717, 1.165) is 0 Å². The number of halogens is 1. The number of hydrogen-bond acceptors (Lipinski definition) is 4. The molecule has 0 unspecified atom stereocenters. The first-order valence-electron chi connectivity index (χ1n) is 5.47. The van der Waals surface area contributed by atoms with Gasteiger partial charge in [0, 0.05) is 11.0 Å². The number of carbonyl (C=O) groups excluding carboxylic acids is 2. The van der Waals surface area contributed by atoms with Crippen LogP contribution in [0.15, 0.2) is 22.7 Å². The number of rotatable bonds is 5. The fraction of sp³-hybridized carbons (Fsp3) is 0.333. The molecule has 0 fully saturated rings. The molecule has 0 saturated heterocycles. The number of phenolic OH excluding ortho intramolecular Hbond substituents is 1. The van der Waals surface area contributed by atoms with Gasteiger partial charge in [0.15, 0.2) is 0 Å². The minimum atomic E-state index is -0.427. The first-order chi connectivity index (χ1) is 8.54. The number of amides is 1. The highest BCUT2D eigenvalue weighted by Gasteiger charge is 2.11. The summed E-state index contributed by atoms with van der Waals surface area (Å²) in [5.41, 5.74) is 0.169. The Morgan fingerprint density at radius 2 is 2.17 bits per heavy atom.